The van der Waals surface area contributed by atoms with Crippen LogP contribution in [0.4, 0.5) is 0 Å². The second-order valence-corrected chi connectivity index (χ2v) is 9.00. The molecule has 186 valence electrons. The van der Waals surface area contributed by atoms with Crippen LogP contribution >= 0.6 is 23.2 Å². The molecule has 0 unspecified atom stereocenters. The van der Waals surface area contributed by atoms with Crippen molar-refractivity contribution in [1.29, 1.82) is 0 Å². The maximum atomic E-state index is 12.8. The fraction of sp³-hybridized carbons (Fsp3) is 0.214. The Morgan fingerprint density at radius 1 is 0.806 bits per heavy atom. The highest BCUT2D eigenvalue weighted by Crippen LogP contribution is 2.11. The van der Waals surface area contributed by atoms with Gasteiger partial charge in [0.1, 0.15) is 0 Å². The third-order valence-corrected chi connectivity index (χ3v) is 5.76. The van der Waals surface area contributed by atoms with Crippen molar-refractivity contribution in [2.45, 2.75) is 39.0 Å². The number of hydrogen-bond acceptors (Lipinski definition) is 4. The minimum absolute atomic E-state index is 0.0825. The molecule has 0 atom stereocenters. The molecule has 0 saturated heterocycles. The van der Waals surface area contributed by atoms with Gasteiger partial charge in [0.2, 0.25) is 5.96 Å². The molecule has 0 aliphatic rings. The van der Waals surface area contributed by atoms with E-state index in [-0.39, 0.29) is 11.9 Å². The normalized spacial score (nSPS) is 11.8. The van der Waals surface area contributed by atoms with Crippen molar-refractivity contribution in [2.24, 2.45) is 15.3 Å². The average molecular weight is 522 g/mol. The van der Waals surface area contributed by atoms with Gasteiger partial charge in [0.05, 0.1) is 12.4 Å². The molecule has 1 amide bonds. The van der Waals surface area contributed by atoms with E-state index in [1.807, 2.05) is 48.5 Å². The Bertz CT molecular complexity index is 1190. The number of carbonyl (C=O) groups excluding carboxylic acids is 1. The number of rotatable bonds is 10. The highest BCUT2D eigenvalue weighted by Gasteiger charge is 2.09. The van der Waals surface area contributed by atoms with Crippen molar-refractivity contribution in [3.8, 4) is 0 Å². The van der Waals surface area contributed by atoms with Gasteiger partial charge in [0.25, 0.3) is 5.91 Å². The lowest BCUT2D eigenvalue weighted by Gasteiger charge is -2.08. The molecule has 3 aromatic carbocycles. The van der Waals surface area contributed by atoms with E-state index in [1.165, 1.54) is 24.8 Å². The molecule has 0 heterocycles. The van der Waals surface area contributed by atoms with E-state index in [0.717, 1.165) is 24.0 Å². The average Bonchev–Trinajstić information content (AvgIpc) is 2.89. The van der Waals surface area contributed by atoms with Crippen LogP contribution in [0.5, 0.6) is 0 Å². The van der Waals surface area contributed by atoms with Crippen molar-refractivity contribution in [2.75, 3.05) is 0 Å². The maximum absolute atomic E-state index is 12.8. The van der Waals surface area contributed by atoms with Crippen molar-refractivity contribution < 1.29 is 4.79 Å². The zero-order chi connectivity index (χ0) is 25.6. The summed E-state index contributed by atoms with van der Waals surface area (Å²) in [5, 5.41) is 16.3. The quantitative estimate of drug-likeness (QED) is 0.132. The molecule has 0 aliphatic carbocycles. The summed E-state index contributed by atoms with van der Waals surface area (Å²) in [6.45, 7) is 2.20. The van der Waals surface area contributed by atoms with Crippen molar-refractivity contribution in [3.63, 3.8) is 0 Å². The SMILES string of the molecule is CCCCCCc1ccc(C(=O)NC(=NN=Cc2ccc(Cl)cc2)NN=Cc2ccc(Cl)cc2)cc1. The third kappa shape index (κ3) is 9.64. The molecule has 3 aromatic rings. The van der Waals surface area contributed by atoms with Crippen LogP contribution in [0.1, 0.15) is 59.7 Å². The van der Waals surface area contributed by atoms with Crippen molar-refractivity contribution >= 4 is 47.5 Å². The molecule has 0 radical (unpaired) electrons. The topological polar surface area (TPSA) is 78.2 Å². The highest BCUT2D eigenvalue weighted by atomic mass is 35.5. The molecule has 3 rings (SSSR count). The Balaban J connectivity index is 1.67. The summed E-state index contributed by atoms with van der Waals surface area (Å²) in [4.78, 5) is 12.8. The smallest absolute Gasteiger partial charge is 0.258 e. The first-order valence-electron chi connectivity index (χ1n) is 11.8. The van der Waals surface area contributed by atoms with Crippen LogP contribution in [0, 0.1) is 0 Å². The lowest BCUT2D eigenvalue weighted by molar-refractivity contribution is 0.0975. The van der Waals surface area contributed by atoms with Gasteiger partial charge in [-0.2, -0.15) is 10.2 Å². The summed E-state index contributed by atoms with van der Waals surface area (Å²) in [6, 6.07) is 21.9. The highest BCUT2D eigenvalue weighted by molar-refractivity contribution is 6.30. The largest absolute Gasteiger partial charge is 0.290 e. The van der Waals surface area contributed by atoms with Gasteiger partial charge in [-0.1, -0.05) is 85.8 Å². The van der Waals surface area contributed by atoms with E-state index in [2.05, 4.69) is 33.0 Å². The van der Waals surface area contributed by atoms with Crippen LogP contribution in [0.2, 0.25) is 10.0 Å². The summed E-state index contributed by atoms with van der Waals surface area (Å²) >= 11 is 11.8. The molecule has 6 nitrogen and oxygen atoms in total. The Morgan fingerprint density at radius 2 is 1.42 bits per heavy atom. The van der Waals surface area contributed by atoms with Gasteiger partial charge < -0.3 is 0 Å². The number of halogens is 2. The Morgan fingerprint density at radius 3 is 2.03 bits per heavy atom. The molecule has 0 bridgehead atoms. The summed E-state index contributed by atoms with van der Waals surface area (Å²) < 4.78 is 0. The van der Waals surface area contributed by atoms with Crippen LogP contribution in [-0.2, 0) is 6.42 Å². The maximum Gasteiger partial charge on any atom is 0.258 e. The molecule has 0 saturated carbocycles. The predicted molar refractivity (Wildman–Crippen MR) is 150 cm³/mol. The Labute approximate surface area is 222 Å². The Kier molecular flexibility index (Phi) is 11.2. The first-order valence-corrected chi connectivity index (χ1v) is 12.6. The minimum Gasteiger partial charge on any atom is -0.290 e. The number of hydrazone groups is 1. The van der Waals surface area contributed by atoms with E-state index in [1.54, 1.807) is 36.7 Å². The number of aryl methyl sites for hydroxylation is 1. The first kappa shape index (κ1) is 27.1. The predicted octanol–water partition coefficient (Wildman–Crippen LogP) is 6.86. The van der Waals surface area contributed by atoms with E-state index in [4.69, 9.17) is 23.2 Å². The van der Waals surface area contributed by atoms with Crippen LogP contribution in [-0.4, -0.2) is 24.3 Å². The Hall–Kier alpha value is -3.48. The number of carbonyl (C=O) groups is 1. The fourth-order valence-electron chi connectivity index (χ4n) is 3.25. The molecule has 0 fully saturated rings. The van der Waals surface area contributed by atoms with Gasteiger partial charge >= 0.3 is 0 Å². The van der Waals surface area contributed by atoms with E-state index >= 15 is 0 Å². The van der Waals surface area contributed by atoms with Gasteiger partial charge in [0.15, 0.2) is 0 Å². The van der Waals surface area contributed by atoms with Crippen LogP contribution in [0.15, 0.2) is 88.1 Å². The number of amides is 1. The van der Waals surface area contributed by atoms with Crippen LogP contribution in [0.3, 0.4) is 0 Å². The summed E-state index contributed by atoms with van der Waals surface area (Å²) in [7, 11) is 0. The summed E-state index contributed by atoms with van der Waals surface area (Å²) in [5.74, 6) is -0.235. The van der Waals surface area contributed by atoms with Gasteiger partial charge in [-0.25, -0.2) is 5.43 Å². The molecule has 8 heteroatoms. The molecule has 0 aliphatic heterocycles. The van der Waals surface area contributed by atoms with Crippen molar-refractivity contribution in [3.05, 3.63) is 105 Å². The third-order valence-electron chi connectivity index (χ3n) is 5.26. The monoisotopic (exact) mass is 521 g/mol. The molecular formula is C28H29Cl2N5O. The minimum atomic E-state index is -0.317. The number of nitrogens with zero attached hydrogens (tertiary/aromatic N) is 3. The number of benzene rings is 3. The van der Waals surface area contributed by atoms with E-state index in [0.29, 0.717) is 15.6 Å². The molecule has 0 aromatic heterocycles. The summed E-state index contributed by atoms with van der Waals surface area (Å²) in [5.41, 5.74) is 6.13. The lowest BCUT2D eigenvalue weighted by Crippen LogP contribution is -2.38. The zero-order valence-corrected chi connectivity index (χ0v) is 21.6. The standard InChI is InChI=1S/C28H29Cl2N5O/c1-2-3-4-5-6-21-7-13-24(14-8-21)27(36)33-28(34-31-19-22-9-15-25(29)16-10-22)35-32-20-23-11-17-26(30)18-12-23/h7-20H,2-6H2,1H3,(H2,33,34,35,36). The van der Waals surface area contributed by atoms with Gasteiger partial charge in [-0.3, -0.25) is 10.1 Å². The molecule has 2 N–H and O–H groups in total. The first-order chi connectivity index (χ1) is 17.5. The second kappa shape index (κ2) is 14.8. The van der Waals surface area contributed by atoms with Crippen LogP contribution < -0.4 is 10.7 Å². The number of guanidine groups is 1. The van der Waals surface area contributed by atoms with Gasteiger partial charge in [-0.15, -0.1) is 5.10 Å². The number of unbranched alkanes of at least 4 members (excludes halogenated alkanes) is 3. The molecule has 0 spiro atoms. The van der Waals surface area contributed by atoms with Gasteiger partial charge in [0, 0.05) is 15.6 Å². The second-order valence-electron chi connectivity index (χ2n) is 8.13. The van der Waals surface area contributed by atoms with Crippen molar-refractivity contribution in [1.82, 2.24) is 10.7 Å². The van der Waals surface area contributed by atoms with Gasteiger partial charge in [-0.05, 0) is 65.9 Å². The lowest BCUT2D eigenvalue weighted by atomic mass is 10.0. The van der Waals surface area contributed by atoms with E-state index < -0.39 is 0 Å². The number of hydrogen-bond donors (Lipinski definition) is 2. The van der Waals surface area contributed by atoms with E-state index in [9.17, 15) is 4.79 Å². The summed E-state index contributed by atoms with van der Waals surface area (Å²) in [6.07, 6.45) is 8.99. The molecular weight excluding hydrogens is 493 g/mol. The molecule has 36 heavy (non-hydrogen) atoms. The zero-order valence-electron chi connectivity index (χ0n) is 20.1. The number of nitrogens with one attached hydrogen (secondary N) is 2. The fourth-order valence-corrected chi connectivity index (χ4v) is 3.50. The van der Waals surface area contributed by atoms with Crippen LogP contribution in [0.25, 0.3) is 0 Å².